The van der Waals surface area contributed by atoms with Gasteiger partial charge >= 0.3 is 0 Å². The third kappa shape index (κ3) is 3.39. The lowest BCUT2D eigenvalue weighted by Crippen LogP contribution is -2.37. The van der Waals surface area contributed by atoms with Crippen molar-refractivity contribution in [3.8, 4) is 0 Å². The summed E-state index contributed by atoms with van der Waals surface area (Å²) in [5.74, 6) is 0.653. The molecule has 130 valence electrons. The van der Waals surface area contributed by atoms with E-state index >= 15 is 0 Å². The number of rotatable bonds is 4. The second-order valence-electron chi connectivity index (χ2n) is 6.20. The summed E-state index contributed by atoms with van der Waals surface area (Å²) in [7, 11) is 0. The highest BCUT2D eigenvalue weighted by Gasteiger charge is 2.22. The zero-order valence-corrected chi connectivity index (χ0v) is 14.1. The molecule has 0 aliphatic carbocycles. The van der Waals surface area contributed by atoms with E-state index in [1.165, 1.54) is 6.33 Å². The molecule has 1 fully saturated rings. The van der Waals surface area contributed by atoms with Crippen LogP contribution in [-0.2, 0) is 16.0 Å². The molecule has 0 radical (unpaired) electrons. The van der Waals surface area contributed by atoms with E-state index in [-0.39, 0.29) is 18.4 Å². The van der Waals surface area contributed by atoms with E-state index in [2.05, 4.69) is 15.1 Å². The van der Waals surface area contributed by atoms with Crippen molar-refractivity contribution in [2.24, 2.45) is 5.92 Å². The van der Waals surface area contributed by atoms with Crippen LogP contribution in [0.2, 0.25) is 0 Å². The molecule has 1 aliphatic heterocycles. The minimum Gasteiger partial charge on any atom is -0.396 e. The maximum atomic E-state index is 12.6. The number of aliphatic hydroxyl groups excluding tert-OH is 1. The largest absolute Gasteiger partial charge is 0.396 e. The molecule has 3 heterocycles. The number of hydrogen-bond donors (Lipinski definition) is 1. The van der Waals surface area contributed by atoms with Crippen LogP contribution in [0.4, 0.5) is 0 Å². The summed E-state index contributed by atoms with van der Waals surface area (Å²) in [6.45, 7) is 6.09. The van der Waals surface area contributed by atoms with Gasteiger partial charge in [0, 0.05) is 43.4 Å². The zero-order chi connectivity index (χ0) is 17.1. The van der Waals surface area contributed by atoms with Crippen LogP contribution in [0, 0.1) is 19.8 Å². The quantitative estimate of drug-likeness (QED) is 0.856. The third-order valence-electron chi connectivity index (χ3n) is 4.53. The molecule has 1 amide bonds. The van der Waals surface area contributed by atoms with Gasteiger partial charge in [0.1, 0.15) is 6.33 Å². The van der Waals surface area contributed by atoms with E-state index in [1.54, 1.807) is 9.42 Å². The molecule has 2 aromatic heterocycles. The maximum absolute atomic E-state index is 12.6. The lowest BCUT2D eigenvalue weighted by atomic mass is 10.1. The van der Waals surface area contributed by atoms with Crippen molar-refractivity contribution in [3.63, 3.8) is 0 Å². The molecule has 0 spiro atoms. The number of hydrogen-bond acceptors (Lipinski definition) is 6. The van der Waals surface area contributed by atoms with Crippen LogP contribution in [0.5, 0.6) is 0 Å². The summed E-state index contributed by atoms with van der Waals surface area (Å²) in [6, 6.07) is 0. The first-order valence-corrected chi connectivity index (χ1v) is 8.22. The predicted molar refractivity (Wildman–Crippen MR) is 86.6 cm³/mol. The van der Waals surface area contributed by atoms with Gasteiger partial charge in [-0.05, 0) is 25.8 Å². The van der Waals surface area contributed by atoms with Gasteiger partial charge < -0.3 is 14.7 Å². The Labute approximate surface area is 140 Å². The van der Waals surface area contributed by atoms with Gasteiger partial charge in [-0.15, -0.1) is 0 Å². The van der Waals surface area contributed by atoms with Crippen LogP contribution in [0.1, 0.15) is 23.4 Å². The fraction of sp³-hybridized carbons (Fsp3) is 0.625. The Bertz CT molecular complexity index is 730. The fourth-order valence-electron chi connectivity index (χ4n) is 3.12. The Morgan fingerprint density at radius 3 is 3.08 bits per heavy atom. The number of nitrogens with zero attached hydrogens (tertiary/aromatic N) is 5. The first kappa shape index (κ1) is 16.8. The fourth-order valence-corrected chi connectivity index (χ4v) is 3.12. The first-order chi connectivity index (χ1) is 11.6. The van der Waals surface area contributed by atoms with Gasteiger partial charge in [0.25, 0.3) is 5.78 Å². The van der Waals surface area contributed by atoms with Crippen LogP contribution in [0.15, 0.2) is 6.33 Å². The summed E-state index contributed by atoms with van der Waals surface area (Å²) in [5.41, 5.74) is 2.88. The number of ether oxygens (including phenoxy) is 1. The molecule has 0 bridgehead atoms. The molecule has 1 atom stereocenters. The lowest BCUT2D eigenvalue weighted by Gasteiger charge is -2.23. The average molecular weight is 333 g/mol. The van der Waals surface area contributed by atoms with Crippen LogP contribution in [0.25, 0.3) is 5.78 Å². The van der Waals surface area contributed by atoms with Crippen LogP contribution >= 0.6 is 0 Å². The van der Waals surface area contributed by atoms with Gasteiger partial charge in [-0.25, -0.2) is 9.50 Å². The lowest BCUT2D eigenvalue weighted by molar-refractivity contribution is -0.131. The van der Waals surface area contributed by atoms with Crippen molar-refractivity contribution in [3.05, 3.63) is 23.3 Å². The summed E-state index contributed by atoms with van der Waals surface area (Å²) in [6.07, 6.45) is 2.50. The SMILES string of the molecule is Cc1nc2ncnn2c(C)c1CCC(=O)N1CCOC[C@H](CO)C1. The van der Waals surface area contributed by atoms with E-state index in [0.29, 0.717) is 44.9 Å². The van der Waals surface area contributed by atoms with Crippen molar-refractivity contribution in [1.29, 1.82) is 0 Å². The van der Waals surface area contributed by atoms with E-state index in [4.69, 9.17) is 4.74 Å². The van der Waals surface area contributed by atoms with Gasteiger partial charge in [0.15, 0.2) is 0 Å². The van der Waals surface area contributed by atoms with Crippen molar-refractivity contribution in [1.82, 2.24) is 24.5 Å². The van der Waals surface area contributed by atoms with Crippen molar-refractivity contribution >= 4 is 11.7 Å². The van der Waals surface area contributed by atoms with Crippen molar-refractivity contribution in [2.75, 3.05) is 32.9 Å². The van der Waals surface area contributed by atoms with Gasteiger partial charge in [-0.3, -0.25) is 4.79 Å². The van der Waals surface area contributed by atoms with E-state index in [9.17, 15) is 9.90 Å². The smallest absolute Gasteiger partial charge is 0.252 e. The Balaban J connectivity index is 1.70. The molecule has 24 heavy (non-hydrogen) atoms. The molecule has 8 heteroatoms. The van der Waals surface area contributed by atoms with Crippen molar-refractivity contribution < 1.29 is 14.6 Å². The number of fused-ring (bicyclic) bond motifs is 1. The molecule has 0 unspecified atom stereocenters. The number of aliphatic hydroxyl groups is 1. The van der Waals surface area contributed by atoms with Gasteiger partial charge in [0.2, 0.25) is 5.91 Å². The number of aryl methyl sites for hydroxylation is 2. The maximum Gasteiger partial charge on any atom is 0.252 e. The molecule has 0 saturated carbocycles. The summed E-state index contributed by atoms with van der Waals surface area (Å²) < 4.78 is 7.14. The number of carbonyl (C=O) groups excluding carboxylic acids is 1. The third-order valence-corrected chi connectivity index (χ3v) is 4.53. The first-order valence-electron chi connectivity index (χ1n) is 8.22. The normalized spacial score (nSPS) is 18.8. The molecule has 1 N–H and O–H groups in total. The molecule has 2 aromatic rings. The number of carbonyl (C=O) groups is 1. The second-order valence-corrected chi connectivity index (χ2v) is 6.20. The molecule has 0 aromatic carbocycles. The Morgan fingerprint density at radius 1 is 1.46 bits per heavy atom. The molecule has 3 rings (SSSR count). The highest BCUT2D eigenvalue weighted by atomic mass is 16.5. The van der Waals surface area contributed by atoms with E-state index in [1.807, 2.05) is 13.8 Å². The number of amides is 1. The monoisotopic (exact) mass is 333 g/mol. The van der Waals surface area contributed by atoms with Gasteiger partial charge in [-0.2, -0.15) is 10.1 Å². The van der Waals surface area contributed by atoms with Crippen LogP contribution in [0.3, 0.4) is 0 Å². The van der Waals surface area contributed by atoms with Crippen molar-refractivity contribution in [2.45, 2.75) is 26.7 Å². The number of aromatic nitrogens is 4. The summed E-state index contributed by atoms with van der Waals surface area (Å²) >= 11 is 0. The summed E-state index contributed by atoms with van der Waals surface area (Å²) in [5, 5.41) is 13.5. The Morgan fingerprint density at radius 2 is 2.29 bits per heavy atom. The van der Waals surface area contributed by atoms with E-state index < -0.39 is 0 Å². The zero-order valence-electron chi connectivity index (χ0n) is 14.1. The van der Waals surface area contributed by atoms with Gasteiger partial charge in [-0.1, -0.05) is 0 Å². The van der Waals surface area contributed by atoms with Crippen LogP contribution in [-0.4, -0.2) is 68.4 Å². The molecule has 1 saturated heterocycles. The molecular weight excluding hydrogens is 310 g/mol. The van der Waals surface area contributed by atoms with Crippen LogP contribution < -0.4 is 0 Å². The molecular formula is C16H23N5O3. The average Bonchev–Trinajstić information content (AvgIpc) is 2.90. The molecule has 8 nitrogen and oxygen atoms in total. The van der Waals surface area contributed by atoms with Gasteiger partial charge in [0.05, 0.1) is 13.2 Å². The Hall–Kier alpha value is -2.06. The highest BCUT2D eigenvalue weighted by Crippen LogP contribution is 2.16. The minimum absolute atomic E-state index is 0.00640. The minimum atomic E-state index is -0.00640. The Kier molecular flexibility index (Phi) is 5.06. The predicted octanol–water partition coefficient (Wildman–Crippen LogP) is 0.141. The molecule has 1 aliphatic rings. The second kappa shape index (κ2) is 7.23. The van der Waals surface area contributed by atoms with E-state index in [0.717, 1.165) is 17.0 Å². The summed E-state index contributed by atoms with van der Waals surface area (Å²) in [4.78, 5) is 22.9. The standard InChI is InChI=1S/C16H23N5O3/c1-11-14(12(2)21-16(19-11)17-10-18-21)3-4-15(23)20-5-6-24-9-13(7-20)8-22/h10,13,22H,3-9H2,1-2H3/t13-/m0/s1. The topological polar surface area (TPSA) is 92.9 Å². The highest BCUT2D eigenvalue weighted by molar-refractivity contribution is 5.76.